The van der Waals surface area contributed by atoms with Crippen LogP contribution in [0.5, 0.6) is 0 Å². The van der Waals surface area contributed by atoms with Gasteiger partial charge in [-0.05, 0) is 18.8 Å². The summed E-state index contributed by atoms with van der Waals surface area (Å²) in [5.41, 5.74) is 5.70. The molecule has 82 valence electrons. The highest BCUT2D eigenvalue weighted by Gasteiger charge is 2.34. The molecule has 0 aromatic rings. The highest BCUT2D eigenvalue weighted by molar-refractivity contribution is 5.79. The van der Waals surface area contributed by atoms with Crippen molar-refractivity contribution >= 4 is 5.91 Å². The Morgan fingerprint density at radius 1 is 1.64 bits per heavy atom. The molecule has 0 aliphatic carbocycles. The number of carbonyl (C=O) groups is 1. The van der Waals surface area contributed by atoms with Gasteiger partial charge in [0.15, 0.2) is 0 Å². The van der Waals surface area contributed by atoms with Gasteiger partial charge in [-0.3, -0.25) is 4.79 Å². The summed E-state index contributed by atoms with van der Waals surface area (Å²) < 4.78 is 0. The number of hydrogen-bond acceptors (Lipinski definition) is 2. The molecule has 3 nitrogen and oxygen atoms in total. The summed E-state index contributed by atoms with van der Waals surface area (Å²) in [6.45, 7) is 7.73. The second kappa shape index (κ2) is 4.78. The second-order valence-corrected chi connectivity index (χ2v) is 4.41. The lowest BCUT2D eigenvalue weighted by molar-refractivity contribution is -0.136. The Labute approximate surface area is 86.6 Å². The minimum absolute atomic E-state index is 0.148. The molecular weight excluding hydrogens is 176 g/mol. The predicted octanol–water partition coefficient (Wildman–Crippen LogP) is 1.23. The zero-order valence-electron chi connectivity index (χ0n) is 9.49. The van der Waals surface area contributed by atoms with Gasteiger partial charge in [-0.1, -0.05) is 20.8 Å². The van der Waals surface area contributed by atoms with E-state index in [1.54, 1.807) is 0 Å². The number of nitrogens with zero attached hydrogens (tertiary/aromatic N) is 1. The lowest BCUT2D eigenvalue weighted by atomic mass is 10.0. The van der Waals surface area contributed by atoms with Crippen LogP contribution >= 0.6 is 0 Å². The lowest BCUT2D eigenvalue weighted by Crippen LogP contribution is -2.44. The summed E-state index contributed by atoms with van der Waals surface area (Å²) in [5, 5.41) is 0. The SMILES string of the molecule is CCC(C)C(=O)N1CCC(C)C1CN. The highest BCUT2D eigenvalue weighted by Crippen LogP contribution is 2.25. The third kappa shape index (κ3) is 2.08. The van der Waals surface area contributed by atoms with Crippen LogP contribution in [0.4, 0.5) is 0 Å². The fraction of sp³-hybridized carbons (Fsp3) is 0.909. The van der Waals surface area contributed by atoms with Crippen LogP contribution in [0, 0.1) is 11.8 Å². The fourth-order valence-corrected chi connectivity index (χ4v) is 2.10. The first-order valence-corrected chi connectivity index (χ1v) is 5.62. The highest BCUT2D eigenvalue weighted by atomic mass is 16.2. The quantitative estimate of drug-likeness (QED) is 0.741. The first-order valence-electron chi connectivity index (χ1n) is 5.62. The molecule has 0 saturated carbocycles. The standard InChI is InChI=1S/C11H22N2O/c1-4-8(2)11(14)13-6-5-9(3)10(13)7-12/h8-10H,4-7,12H2,1-3H3. The maximum Gasteiger partial charge on any atom is 0.225 e. The van der Waals surface area contributed by atoms with E-state index in [1.807, 2.05) is 11.8 Å². The van der Waals surface area contributed by atoms with E-state index < -0.39 is 0 Å². The van der Waals surface area contributed by atoms with Crippen LogP contribution < -0.4 is 5.73 Å². The van der Waals surface area contributed by atoms with E-state index >= 15 is 0 Å². The number of likely N-dealkylation sites (tertiary alicyclic amines) is 1. The Balaban J connectivity index is 2.64. The van der Waals surface area contributed by atoms with Crippen LogP contribution in [0.25, 0.3) is 0 Å². The first kappa shape index (κ1) is 11.5. The van der Waals surface area contributed by atoms with Gasteiger partial charge in [-0.25, -0.2) is 0 Å². The van der Waals surface area contributed by atoms with E-state index in [1.165, 1.54) is 0 Å². The molecule has 1 fully saturated rings. The molecule has 1 saturated heterocycles. The largest absolute Gasteiger partial charge is 0.338 e. The van der Waals surface area contributed by atoms with Gasteiger partial charge in [0.2, 0.25) is 5.91 Å². The molecule has 0 spiro atoms. The molecule has 1 heterocycles. The van der Waals surface area contributed by atoms with E-state index in [0.717, 1.165) is 19.4 Å². The monoisotopic (exact) mass is 198 g/mol. The maximum absolute atomic E-state index is 12.0. The number of hydrogen-bond donors (Lipinski definition) is 1. The van der Waals surface area contributed by atoms with E-state index in [9.17, 15) is 4.79 Å². The minimum atomic E-state index is 0.148. The lowest BCUT2D eigenvalue weighted by Gasteiger charge is -2.28. The molecule has 0 aromatic carbocycles. The van der Waals surface area contributed by atoms with Crippen molar-refractivity contribution in [3.8, 4) is 0 Å². The van der Waals surface area contributed by atoms with Crippen LogP contribution in [0.2, 0.25) is 0 Å². The molecule has 1 rings (SSSR count). The molecule has 3 heteroatoms. The third-order valence-corrected chi connectivity index (χ3v) is 3.44. The van der Waals surface area contributed by atoms with Crippen molar-refractivity contribution in [2.24, 2.45) is 17.6 Å². The van der Waals surface area contributed by atoms with Crippen molar-refractivity contribution < 1.29 is 4.79 Å². The minimum Gasteiger partial charge on any atom is -0.338 e. The van der Waals surface area contributed by atoms with E-state index in [2.05, 4.69) is 13.8 Å². The average molecular weight is 198 g/mol. The van der Waals surface area contributed by atoms with Gasteiger partial charge in [0.25, 0.3) is 0 Å². The number of amides is 1. The van der Waals surface area contributed by atoms with Gasteiger partial charge in [-0.2, -0.15) is 0 Å². The molecule has 3 unspecified atom stereocenters. The van der Waals surface area contributed by atoms with Crippen molar-refractivity contribution in [1.29, 1.82) is 0 Å². The Hall–Kier alpha value is -0.570. The van der Waals surface area contributed by atoms with Crippen molar-refractivity contribution in [3.05, 3.63) is 0 Å². The average Bonchev–Trinajstić information content (AvgIpc) is 2.57. The zero-order chi connectivity index (χ0) is 10.7. The Morgan fingerprint density at radius 3 is 2.79 bits per heavy atom. The molecule has 14 heavy (non-hydrogen) atoms. The second-order valence-electron chi connectivity index (χ2n) is 4.41. The van der Waals surface area contributed by atoms with Gasteiger partial charge in [0, 0.05) is 25.0 Å². The summed E-state index contributed by atoms with van der Waals surface area (Å²) in [5.74, 6) is 0.995. The van der Waals surface area contributed by atoms with Gasteiger partial charge < -0.3 is 10.6 Å². The molecule has 1 amide bonds. The van der Waals surface area contributed by atoms with Crippen LogP contribution in [0.3, 0.4) is 0 Å². The van der Waals surface area contributed by atoms with E-state index in [0.29, 0.717) is 12.5 Å². The topological polar surface area (TPSA) is 46.3 Å². The Bertz CT molecular complexity index is 205. The van der Waals surface area contributed by atoms with Gasteiger partial charge in [0.1, 0.15) is 0 Å². The molecule has 1 aliphatic rings. The van der Waals surface area contributed by atoms with Gasteiger partial charge in [0.05, 0.1) is 0 Å². The summed E-state index contributed by atoms with van der Waals surface area (Å²) >= 11 is 0. The zero-order valence-corrected chi connectivity index (χ0v) is 9.49. The van der Waals surface area contributed by atoms with Crippen molar-refractivity contribution in [2.75, 3.05) is 13.1 Å². The summed E-state index contributed by atoms with van der Waals surface area (Å²) in [4.78, 5) is 13.9. The van der Waals surface area contributed by atoms with Crippen LogP contribution in [0.1, 0.15) is 33.6 Å². The molecule has 3 atom stereocenters. The van der Waals surface area contributed by atoms with Gasteiger partial charge >= 0.3 is 0 Å². The molecular formula is C11H22N2O. The maximum atomic E-state index is 12.0. The molecule has 0 aromatic heterocycles. The van der Waals surface area contributed by atoms with Gasteiger partial charge in [-0.15, -0.1) is 0 Å². The van der Waals surface area contributed by atoms with Crippen molar-refractivity contribution in [2.45, 2.75) is 39.7 Å². The molecule has 1 aliphatic heterocycles. The summed E-state index contributed by atoms with van der Waals surface area (Å²) in [6, 6.07) is 0.275. The number of carbonyl (C=O) groups excluding carboxylic acids is 1. The molecule has 2 N–H and O–H groups in total. The summed E-state index contributed by atoms with van der Waals surface area (Å²) in [6.07, 6.45) is 2.02. The van der Waals surface area contributed by atoms with Crippen LogP contribution in [-0.4, -0.2) is 29.9 Å². The smallest absolute Gasteiger partial charge is 0.225 e. The van der Waals surface area contributed by atoms with Crippen LogP contribution in [0.15, 0.2) is 0 Å². The predicted molar refractivity (Wildman–Crippen MR) is 57.8 cm³/mol. The fourth-order valence-electron chi connectivity index (χ4n) is 2.10. The number of nitrogens with two attached hydrogens (primary N) is 1. The molecule has 0 bridgehead atoms. The van der Waals surface area contributed by atoms with E-state index in [-0.39, 0.29) is 17.9 Å². The normalized spacial score (nSPS) is 29.3. The Kier molecular flexibility index (Phi) is 3.93. The Morgan fingerprint density at radius 2 is 2.29 bits per heavy atom. The van der Waals surface area contributed by atoms with Crippen LogP contribution in [-0.2, 0) is 4.79 Å². The third-order valence-electron chi connectivity index (χ3n) is 3.44. The first-order chi connectivity index (χ1) is 6.61. The van der Waals surface area contributed by atoms with Crippen molar-refractivity contribution in [1.82, 2.24) is 4.90 Å². The number of rotatable bonds is 3. The van der Waals surface area contributed by atoms with Crippen molar-refractivity contribution in [3.63, 3.8) is 0 Å². The van der Waals surface area contributed by atoms with E-state index in [4.69, 9.17) is 5.73 Å². The molecule has 0 radical (unpaired) electrons. The summed E-state index contributed by atoms with van der Waals surface area (Å²) in [7, 11) is 0.